The number of rotatable bonds is 5. The average molecular weight is 368 g/mol. The zero-order chi connectivity index (χ0) is 20.1. The number of carbonyl (C=O) groups is 2. The van der Waals surface area contributed by atoms with E-state index in [4.69, 9.17) is 9.47 Å². The Hall–Kier alpha value is -2.15. The minimum absolute atomic E-state index is 0.0691. The van der Waals surface area contributed by atoms with Gasteiger partial charge in [-0.1, -0.05) is 12.1 Å². The molecular weight excluding hydrogens is 339 g/mol. The first-order valence-corrected chi connectivity index (χ1v) is 8.46. The minimum atomic E-state index is -1.02. The van der Waals surface area contributed by atoms with Crippen molar-refractivity contribution in [1.82, 2.24) is 5.32 Å². The summed E-state index contributed by atoms with van der Waals surface area (Å²) < 4.78 is 24.8. The third-order valence-corrected chi connectivity index (χ3v) is 3.22. The lowest BCUT2D eigenvalue weighted by molar-refractivity contribution is -0.123. The number of ether oxygens (including phenoxy) is 2. The Kier molecular flexibility index (Phi) is 7.15. The fourth-order valence-corrected chi connectivity index (χ4v) is 2.03. The average Bonchev–Trinajstić information content (AvgIpc) is 2.48. The van der Waals surface area contributed by atoms with E-state index < -0.39 is 35.1 Å². The van der Waals surface area contributed by atoms with Crippen LogP contribution in [0.15, 0.2) is 24.3 Å². The standard InChI is InChI=1S/C19H29FN2O4/c1-18(2,3)25-12-14(21-17(24)26-19(4,5)6)16(23)22(7)15-11-9-8-10-13(15)20/h8-11,14H,12H2,1-7H3,(H,21,24)/t14-/m0/s1. The van der Waals surface area contributed by atoms with Gasteiger partial charge in [-0.15, -0.1) is 0 Å². The van der Waals surface area contributed by atoms with E-state index in [0.29, 0.717) is 0 Å². The van der Waals surface area contributed by atoms with E-state index in [-0.39, 0.29) is 12.3 Å². The first-order valence-electron chi connectivity index (χ1n) is 8.46. The maximum Gasteiger partial charge on any atom is 0.408 e. The lowest BCUT2D eigenvalue weighted by Crippen LogP contribution is -2.52. The van der Waals surface area contributed by atoms with Crippen LogP contribution in [0.25, 0.3) is 0 Å². The molecule has 0 aliphatic heterocycles. The van der Waals surface area contributed by atoms with Crippen molar-refractivity contribution in [1.29, 1.82) is 0 Å². The van der Waals surface area contributed by atoms with Gasteiger partial charge in [-0.25, -0.2) is 9.18 Å². The summed E-state index contributed by atoms with van der Waals surface area (Å²) in [6.07, 6.45) is -0.740. The van der Waals surface area contributed by atoms with Gasteiger partial charge in [0.15, 0.2) is 0 Å². The molecule has 7 heteroatoms. The second-order valence-electron chi connectivity index (χ2n) is 7.97. The van der Waals surface area contributed by atoms with Crippen LogP contribution in [0.4, 0.5) is 14.9 Å². The molecule has 0 aliphatic rings. The Bertz CT molecular complexity index is 635. The topological polar surface area (TPSA) is 67.9 Å². The molecule has 0 saturated heterocycles. The zero-order valence-electron chi connectivity index (χ0n) is 16.6. The number of amides is 2. The molecule has 0 saturated carbocycles. The Labute approximate surface area is 154 Å². The van der Waals surface area contributed by atoms with Gasteiger partial charge in [0.05, 0.1) is 17.9 Å². The molecule has 0 spiro atoms. The van der Waals surface area contributed by atoms with Crippen LogP contribution < -0.4 is 10.2 Å². The van der Waals surface area contributed by atoms with Crippen LogP contribution in [-0.4, -0.2) is 42.9 Å². The molecular formula is C19H29FN2O4. The van der Waals surface area contributed by atoms with Gasteiger partial charge >= 0.3 is 6.09 Å². The van der Waals surface area contributed by atoms with Crippen molar-refractivity contribution in [3.63, 3.8) is 0 Å². The number of carbonyl (C=O) groups excluding carboxylic acids is 2. The van der Waals surface area contributed by atoms with E-state index in [0.717, 1.165) is 4.90 Å². The Morgan fingerprint density at radius 3 is 2.19 bits per heavy atom. The van der Waals surface area contributed by atoms with Gasteiger partial charge in [-0.05, 0) is 53.7 Å². The second kappa shape index (κ2) is 8.49. The van der Waals surface area contributed by atoms with Gasteiger partial charge in [-0.2, -0.15) is 0 Å². The molecule has 0 heterocycles. The molecule has 2 amide bonds. The van der Waals surface area contributed by atoms with Gasteiger partial charge in [0.25, 0.3) is 5.91 Å². The molecule has 0 aromatic heterocycles. The Morgan fingerprint density at radius 1 is 1.12 bits per heavy atom. The summed E-state index contributed by atoms with van der Waals surface area (Å²) in [5.41, 5.74) is -1.10. The number of para-hydroxylation sites is 1. The number of nitrogens with one attached hydrogen (secondary N) is 1. The van der Waals surface area contributed by atoms with Gasteiger partial charge in [0, 0.05) is 7.05 Å². The number of likely N-dealkylation sites (N-methyl/N-ethyl adjacent to an activating group) is 1. The SMILES string of the molecule is CN(C(=O)[C@H](COC(C)(C)C)NC(=O)OC(C)(C)C)c1ccccc1F. The second-order valence-corrected chi connectivity index (χ2v) is 7.97. The molecule has 1 aromatic carbocycles. The number of hydrogen-bond donors (Lipinski definition) is 1. The summed E-state index contributed by atoms with van der Waals surface area (Å²) in [5, 5.41) is 2.52. The number of halogens is 1. The number of benzene rings is 1. The van der Waals surface area contributed by atoms with E-state index in [1.54, 1.807) is 26.8 Å². The molecule has 0 fully saturated rings. The molecule has 0 bridgehead atoms. The number of anilines is 1. The lowest BCUT2D eigenvalue weighted by Gasteiger charge is -2.29. The van der Waals surface area contributed by atoms with Crippen LogP contribution in [-0.2, 0) is 14.3 Å². The van der Waals surface area contributed by atoms with Crippen LogP contribution in [0.5, 0.6) is 0 Å². The normalized spacial score (nSPS) is 13.1. The largest absolute Gasteiger partial charge is 0.444 e. The summed E-state index contributed by atoms with van der Waals surface area (Å²) in [5.74, 6) is -1.04. The summed E-state index contributed by atoms with van der Waals surface area (Å²) in [4.78, 5) is 26.1. The monoisotopic (exact) mass is 368 g/mol. The predicted octanol–water partition coefficient (Wildman–Crippen LogP) is 3.50. The van der Waals surface area contributed by atoms with Gasteiger partial charge < -0.3 is 19.7 Å². The molecule has 1 aromatic rings. The molecule has 146 valence electrons. The van der Waals surface area contributed by atoms with Gasteiger partial charge in [0.1, 0.15) is 17.5 Å². The summed E-state index contributed by atoms with van der Waals surface area (Å²) in [6, 6.07) is 4.90. The highest BCUT2D eigenvalue weighted by molar-refractivity contribution is 5.98. The van der Waals surface area contributed by atoms with E-state index in [2.05, 4.69) is 5.32 Å². The van der Waals surface area contributed by atoms with Gasteiger partial charge in [0.2, 0.25) is 0 Å². The smallest absolute Gasteiger partial charge is 0.408 e. The molecule has 0 aliphatic carbocycles. The van der Waals surface area contributed by atoms with Crippen LogP contribution in [0, 0.1) is 5.82 Å². The van der Waals surface area contributed by atoms with E-state index in [1.807, 2.05) is 20.8 Å². The van der Waals surface area contributed by atoms with E-state index in [1.165, 1.54) is 25.2 Å². The fraction of sp³-hybridized carbons (Fsp3) is 0.579. The highest BCUT2D eigenvalue weighted by atomic mass is 19.1. The molecule has 1 atom stereocenters. The Morgan fingerprint density at radius 2 is 1.69 bits per heavy atom. The number of nitrogens with zero attached hydrogens (tertiary/aromatic N) is 1. The van der Waals surface area contributed by atoms with Crippen LogP contribution in [0.1, 0.15) is 41.5 Å². The molecule has 1 N–H and O–H groups in total. The highest BCUT2D eigenvalue weighted by Crippen LogP contribution is 2.19. The van der Waals surface area contributed by atoms with Crippen LogP contribution in [0.3, 0.4) is 0 Å². The van der Waals surface area contributed by atoms with Gasteiger partial charge in [-0.3, -0.25) is 4.79 Å². The first kappa shape index (κ1) is 21.9. The third kappa shape index (κ3) is 7.39. The van der Waals surface area contributed by atoms with Crippen molar-refractivity contribution in [3.8, 4) is 0 Å². The number of alkyl carbamates (subject to hydrolysis) is 1. The van der Waals surface area contributed by atoms with E-state index >= 15 is 0 Å². The minimum Gasteiger partial charge on any atom is -0.444 e. The van der Waals surface area contributed by atoms with Crippen LogP contribution >= 0.6 is 0 Å². The summed E-state index contributed by atoms with van der Waals surface area (Å²) >= 11 is 0. The van der Waals surface area contributed by atoms with Crippen molar-refractivity contribution < 1.29 is 23.5 Å². The first-order chi connectivity index (χ1) is 11.8. The zero-order valence-corrected chi connectivity index (χ0v) is 16.6. The number of hydrogen-bond acceptors (Lipinski definition) is 4. The molecule has 0 unspecified atom stereocenters. The third-order valence-electron chi connectivity index (χ3n) is 3.22. The van der Waals surface area contributed by atoms with Crippen molar-refractivity contribution in [2.45, 2.75) is 58.8 Å². The molecule has 6 nitrogen and oxygen atoms in total. The molecule has 26 heavy (non-hydrogen) atoms. The highest BCUT2D eigenvalue weighted by Gasteiger charge is 2.29. The summed E-state index contributed by atoms with van der Waals surface area (Å²) in [7, 11) is 1.45. The van der Waals surface area contributed by atoms with Crippen molar-refractivity contribution >= 4 is 17.7 Å². The fourth-order valence-electron chi connectivity index (χ4n) is 2.03. The van der Waals surface area contributed by atoms with Crippen molar-refractivity contribution in [3.05, 3.63) is 30.1 Å². The maximum atomic E-state index is 14.0. The maximum absolute atomic E-state index is 14.0. The lowest BCUT2D eigenvalue weighted by atomic mass is 10.2. The van der Waals surface area contributed by atoms with Crippen molar-refractivity contribution in [2.75, 3.05) is 18.6 Å². The molecule has 1 rings (SSSR count). The summed E-state index contributed by atoms with van der Waals surface area (Å²) in [6.45, 7) is 10.6. The van der Waals surface area contributed by atoms with Crippen molar-refractivity contribution in [2.24, 2.45) is 0 Å². The van der Waals surface area contributed by atoms with E-state index in [9.17, 15) is 14.0 Å². The quantitative estimate of drug-likeness (QED) is 0.864. The Balaban J connectivity index is 2.97. The van der Waals surface area contributed by atoms with Crippen LogP contribution in [0.2, 0.25) is 0 Å². The predicted molar refractivity (Wildman–Crippen MR) is 98.7 cm³/mol. The molecule has 0 radical (unpaired) electrons.